The topological polar surface area (TPSA) is 30.9 Å². The predicted octanol–water partition coefficient (Wildman–Crippen LogP) is 4.96. The molecule has 0 bridgehead atoms. The number of nitrogens with zero attached hydrogens (tertiary/aromatic N) is 1. The van der Waals surface area contributed by atoms with Gasteiger partial charge in [-0.2, -0.15) is 0 Å². The molecule has 0 fully saturated rings. The van der Waals surface area contributed by atoms with Gasteiger partial charge in [-0.15, -0.1) is 0 Å². The van der Waals surface area contributed by atoms with E-state index in [4.69, 9.17) is 14.2 Å². The smallest absolute Gasteiger partial charge is 0.0989 e. The Bertz CT molecular complexity index is 768. The monoisotopic (exact) mass is 423 g/mol. The average molecular weight is 424 g/mol. The molecule has 1 aliphatic rings. The van der Waals surface area contributed by atoms with Crippen LogP contribution in [0.5, 0.6) is 0 Å². The highest BCUT2D eigenvalue weighted by Gasteiger charge is 2.17. The van der Waals surface area contributed by atoms with Crippen LogP contribution in [0.3, 0.4) is 0 Å². The van der Waals surface area contributed by atoms with Crippen LogP contribution in [0.1, 0.15) is 42.0 Å². The zero-order chi connectivity index (χ0) is 21.7. The summed E-state index contributed by atoms with van der Waals surface area (Å²) in [6, 6.07) is 17.7. The van der Waals surface area contributed by atoms with E-state index >= 15 is 0 Å². The van der Waals surface area contributed by atoms with E-state index in [2.05, 4.69) is 73.5 Å². The summed E-state index contributed by atoms with van der Waals surface area (Å²) in [5.41, 5.74) is 7.03. The Morgan fingerprint density at radius 1 is 0.774 bits per heavy atom. The van der Waals surface area contributed by atoms with Crippen LogP contribution in [-0.2, 0) is 27.1 Å². The molecule has 0 N–H and O–H groups in total. The summed E-state index contributed by atoms with van der Waals surface area (Å²) in [4.78, 5) is 2.22. The first-order chi connectivity index (χ1) is 15.3. The molecular weight excluding hydrogens is 386 g/mol. The van der Waals surface area contributed by atoms with Gasteiger partial charge >= 0.3 is 0 Å². The lowest BCUT2D eigenvalue weighted by Gasteiger charge is -2.17. The van der Waals surface area contributed by atoms with Crippen molar-refractivity contribution in [1.82, 2.24) is 4.90 Å². The second kappa shape index (κ2) is 13.4. The predicted molar refractivity (Wildman–Crippen MR) is 127 cm³/mol. The van der Waals surface area contributed by atoms with E-state index in [1.165, 1.54) is 27.8 Å². The summed E-state index contributed by atoms with van der Waals surface area (Å²) < 4.78 is 16.7. The molecule has 4 nitrogen and oxygen atoms in total. The van der Waals surface area contributed by atoms with Crippen molar-refractivity contribution < 1.29 is 14.2 Å². The number of rotatable bonds is 13. The number of hydrogen-bond donors (Lipinski definition) is 0. The van der Waals surface area contributed by atoms with Gasteiger partial charge in [0.1, 0.15) is 0 Å². The van der Waals surface area contributed by atoms with Gasteiger partial charge in [-0.3, -0.25) is 4.90 Å². The summed E-state index contributed by atoms with van der Waals surface area (Å²) >= 11 is 0. The van der Waals surface area contributed by atoms with Crippen LogP contribution < -0.4 is 0 Å². The molecule has 0 radical (unpaired) electrons. The fourth-order valence-corrected chi connectivity index (χ4v) is 3.93. The lowest BCUT2D eigenvalue weighted by Crippen LogP contribution is -2.24. The van der Waals surface area contributed by atoms with Crippen LogP contribution >= 0.6 is 0 Å². The summed E-state index contributed by atoms with van der Waals surface area (Å²) in [6.07, 6.45) is 6.64. The third-order valence-electron chi connectivity index (χ3n) is 5.54. The van der Waals surface area contributed by atoms with E-state index < -0.39 is 0 Å². The highest BCUT2D eigenvalue weighted by molar-refractivity contribution is 5.83. The minimum absolute atomic E-state index is 0.611. The van der Waals surface area contributed by atoms with Gasteiger partial charge in [0.15, 0.2) is 0 Å². The van der Waals surface area contributed by atoms with Gasteiger partial charge in [0.05, 0.1) is 33.2 Å². The van der Waals surface area contributed by atoms with E-state index in [1.807, 2.05) is 0 Å². The van der Waals surface area contributed by atoms with E-state index in [0.29, 0.717) is 33.2 Å². The van der Waals surface area contributed by atoms with Gasteiger partial charge in [0, 0.05) is 13.2 Å². The van der Waals surface area contributed by atoms with E-state index in [-0.39, 0.29) is 0 Å². The van der Waals surface area contributed by atoms with E-state index in [0.717, 1.165) is 38.8 Å². The molecule has 3 rings (SSSR count). The second-order valence-electron chi connectivity index (χ2n) is 8.06. The van der Waals surface area contributed by atoms with Crippen LogP contribution in [0.15, 0.2) is 54.6 Å². The highest BCUT2D eigenvalue weighted by Crippen LogP contribution is 2.33. The molecule has 0 atom stereocenters. The summed E-state index contributed by atoms with van der Waals surface area (Å²) in [6.45, 7) is 7.00. The Kier molecular flexibility index (Phi) is 10.3. The van der Waals surface area contributed by atoms with Crippen molar-refractivity contribution in [2.75, 3.05) is 53.4 Å². The molecule has 0 aliphatic heterocycles. The third kappa shape index (κ3) is 7.58. The number of benzene rings is 2. The van der Waals surface area contributed by atoms with Crippen LogP contribution in [-0.4, -0.2) is 58.3 Å². The molecule has 168 valence electrons. The Labute approximate surface area is 187 Å². The van der Waals surface area contributed by atoms with Crippen molar-refractivity contribution in [2.24, 2.45) is 0 Å². The maximum atomic E-state index is 5.74. The van der Waals surface area contributed by atoms with E-state index in [9.17, 15) is 0 Å². The lowest BCUT2D eigenvalue weighted by molar-refractivity contribution is -0.0113. The van der Waals surface area contributed by atoms with Crippen LogP contribution in [0.2, 0.25) is 0 Å². The first-order valence-electron chi connectivity index (χ1n) is 11.6. The Morgan fingerprint density at radius 2 is 1.32 bits per heavy atom. The largest absolute Gasteiger partial charge is 0.379 e. The normalized spacial score (nSPS) is 13.1. The molecule has 0 aromatic heterocycles. The van der Waals surface area contributed by atoms with Crippen LogP contribution in [0, 0.1) is 0 Å². The molecule has 0 unspecified atom stereocenters. The molecule has 0 heterocycles. The van der Waals surface area contributed by atoms with Gasteiger partial charge in [-0.25, -0.2) is 0 Å². The molecule has 4 heteroatoms. The first kappa shape index (κ1) is 23.7. The van der Waals surface area contributed by atoms with Gasteiger partial charge in [0.2, 0.25) is 0 Å². The minimum atomic E-state index is 0.611. The third-order valence-corrected chi connectivity index (χ3v) is 5.54. The maximum absolute atomic E-state index is 5.74. The number of hydrogen-bond acceptors (Lipinski definition) is 4. The molecule has 0 amide bonds. The van der Waals surface area contributed by atoms with Crippen molar-refractivity contribution in [2.45, 2.75) is 32.6 Å². The molecule has 2 aromatic rings. The van der Waals surface area contributed by atoms with Gasteiger partial charge in [0.25, 0.3) is 0 Å². The second-order valence-corrected chi connectivity index (χ2v) is 8.06. The highest BCUT2D eigenvalue weighted by atomic mass is 16.5. The number of aryl methyl sites for hydroxylation is 2. The van der Waals surface area contributed by atoms with Crippen molar-refractivity contribution in [3.05, 3.63) is 76.9 Å². The van der Waals surface area contributed by atoms with Crippen molar-refractivity contribution in [3.63, 3.8) is 0 Å². The zero-order valence-corrected chi connectivity index (χ0v) is 19.1. The molecule has 0 saturated heterocycles. The molecule has 1 aliphatic carbocycles. The maximum Gasteiger partial charge on any atom is 0.0989 e. The fourth-order valence-electron chi connectivity index (χ4n) is 3.93. The number of fused-ring (bicyclic) bond motifs is 2. The SMILES string of the molecule is CCCOCCOCCOCN(C)CCC=C1c2ccccc2CCc2ccccc21. The van der Waals surface area contributed by atoms with E-state index in [1.54, 1.807) is 0 Å². The first-order valence-corrected chi connectivity index (χ1v) is 11.6. The van der Waals surface area contributed by atoms with Crippen molar-refractivity contribution >= 4 is 5.57 Å². The van der Waals surface area contributed by atoms with Gasteiger partial charge in [-0.1, -0.05) is 61.5 Å². The Morgan fingerprint density at radius 3 is 1.94 bits per heavy atom. The van der Waals surface area contributed by atoms with Crippen LogP contribution in [0.25, 0.3) is 5.57 Å². The number of ether oxygens (including phenoxy) is 3. The molecule has 2 aromatic carbocycles. The van der Waals surface area contributed by atoms with Gasteiger partial charge < -0.3 is 14.2 Å². The zero-order valence-electron chi connectivity index (χ0n) is 19.1. The molecule has 31 heavy (non-hydrogen) atoms. The Hall–Kier alpha value is -1.98. The lowest BCUT2D eigenvalue weighted by atomic mass is 9.93. The summed E-state index contributed by atoms with van der Waals surface area (Å²) in [5, 5.41) is 0. The van der Waals surface area contributed by atoms with Gasteiger partial charge in [-0.05, 0) is 60.6 Å². The minimum Gasteiger partial charge on any atom is -0.379 e. The standard InChI is InChI=1S/C27H37NO3/c1-3-17-29-18-19-30-20-21-31-22-28(2)16-8-13-27-25-11-6-4-9-23(25)14-15-24-10-5-7-12-26(24)27/h4-7,9-13H,3,8,14-22H2,1-2H3. The Balaban J connectivity index is 1.45. The summed E-state index contributed by atoms with van der Waals surface area (Å²) in [5.74, 6) is 0. The molecule has 0 saturated carbocycles. The van der Waals surface area contributed by atoms with Crippen LogP contribution in [0.4, 0.5) is 0 Å². The van der Waals surface area contributed by atoms with Crippen molar-refractivity contribution in [3.8, 4) is 0 Å². The quantitative estimate of drug-likeness (QED) is 0.337. The van der Waals surface area contributed by atoms with Crippen molar-refractivity contribution in [1.29, 1.82) is 0 Å². The fraction of sp³-hybridized carbons (Fsp3) is 0.481. The average Bonchev–Trinajstić information content (AvgIpc) is 2.95. The summed E-state index contributed by atoms with van der Waals surface area (Å²) in [7, 11) is 2.10. The molecule has 0 spiro atoms. The molecular formula is C27H37NO3.